The Balaban J connectivity index is 0.803. The molecule has 11 nitrogen and oxygen atoms in total. The molecule has 298 valence electrons. The van der Waals surface area contributed by atoms with Gasteiger partial charge >= 0.3 is 0 Å². The van der Waals surface area contributed by atoms with E-state index in [-0.39, 0.29) is 47.6 Å². The highest BCUT2D eigenvalue weighted by Gasteiger charge is 2.64. The first-order valence-corrected chi connectivity index (χ1v) is 20.4. The number of rotatable bonds is 7. The lowest BCUT2D eigenvalue weighted by Gasteiger charge is -2.63. The van der Waals surface area contributed by atoms with E-state index in [9.17, 15) is 29.2 Å². The SMILES string of the molecule is CC1(C)[C@H](NC(=O)c2ccc(C#CC3CCC(CN4Cc5cc6c(cc5C4)C(=O)N(C4CCC(=O)NC4=O)C6=O)CC3)cc2)C(C)(C)[C@H]1Oc1ccc(C#N)c(Cl)c1. The highest BCUT2D eigenvalue weighted by atomic mass is 35.5. The van der Waals surface area contributed by atoms with Gasteiger partial charge < -0.3 is 10.1 Å². The zero-order valence-corrected chi connectivity index (χ0v) is 33.9. The Hall–Kier alpha value is -5.49. The van der Waals surface area contributed by atoms with Crippen molar-refractivity contribution in [1.29, 1.82) is 5.26 Å². The number of carbonyl (C=O) groups excluding carboxylic acids is 5. The third kappa shape index (κ3) is 7.16. The van der Waals surface area contributed by atoms with Crippen LogP contribution < -0.4 is 15.4 Å². The van der Waals surface area contributed by atoms with E-state index < -0.39 is 23.8 Å². The summed E-state index contributed by atoms with van der Waals surface area (Å²) in [4.78, 5) is 67.4. The lowest BCUT2D eigenvalue weighted by atomic mass is 9.49. The summed E-state index contributed by atoms with van der Waals surface area (Å²) in [7, 11) is 0. The van der Waals surface area contributed by atoms with E-state index in [0.29, 0.717) is 58.0 Å². The minimum absolute atomic E-state index is 0.0954. The maximum atomic E-state index is 13.4. The molecule has 58 heavy (non-hydrogen) atoms. The number of fused-ring (bicyclic) bond motifs is 2. The van der Waals surface area contributed by atoms with Crippen molar-refractivity contribution in [1.82, 2.24) is 20.4 Å². The van der Waals surface area contributed by atoms with Crippen molar-refractivity contribution in [2.45, 2.75) is 97.5 Å². The number of ether oxygens (including phenoxy) is 1. The molecule has 3 aliphatic heterocycles. The molecule has 3 heterocycles. The van der Waals surface area contributed by atoms with Gasteiger partial charge in [0, 0.05) is 66.0 Å². The van der Waals surface area contributed by atoms with E-state index in [0.717, 1.165) is 53.8 Å². The average molecular weight is 800 g/mol. The van der Waals surface area contributed by atoms with Gasteiger partial charge in [-0.2, -0.15) is 5.26 Å². The summed E-state index contributed by atoms with van der Waals surface area (Å²) in [5, 5.41) is 15.0. The number of nitriles is 1. The van der Waals surface area contributed by atoms with Gasteiger partial charge in [-0.25, -0.2) is 0 Å². The predicted octanol–water partition coefficient (Wildman–Crippen LogP) is 6.40. The van der Waals surface area contributed by atoms with Crippen LogP contribution in [0.3, 0.4) is 0 Å². The lowest BCUT2D eigenvalue weighted by Crippen LogP contribution is -2.74. The Bertz CT molecular complexity index is 2280. The minimum Gasteiger partial charge on any atom is -0.489 e. The molecule has 3 aromatic rings. The van der Waals surface area contributed by atoms with Crippen LogP contribution in [0.5, 0.6) is 5.75 Å². The van der Waals surface area contributed by atoms with Crippen LogP contribution in [-0.4, -0.2) is 64.1 Å². The molecule has 0 spiro atoms. The van der Waals surface area contributed by atoms with Crippen LogP contribution in [0, 0.1) is 45.8 Å². The number of carbonyl (C=O) groups is 5. The molecule has 1 saturated heterocycles. The zero-order chi connectivity index (χ0) is 41.1. The molecule has 12 heteroatoms. The predicted molar refractivity (Wildman–Crippen MR) is 215 cm³/mol. The Kier molecular flexibility index (Phi) is 10.2. The summed E-state index contributed by atoms with van der Waals surface area (Å²) < 4.78 is 6.36. The molecule has 1 unspecified atom stereocenters. The molecular formula is C46H46ClN5O6. The average Bonchev–Trinajstić information content (AvgIpc) is 3.70. The molecule has 3 fully saturated rings. The highest BCUT2D eigenvalue weighted by molar-refractivity contribution is 6.31. The second-order valence-corrected chi connectivity index (χ2v) is 18.1. The van der Waals surface area contributed by atoms with Crippen molar-refractivity contribution >= 4 is 41.1 Å². The minimum atomic E-state index is -0.964. The Morgan fingerprint density at radius 1 is 0.897 bits per heavy atom. The van der Waals surface area contributed by atoms with Gasteiger partial charge in [0.15, 0.2) is 0 Å². The second kappa shape index (κ2) is 15.0. The van der Waals surface area contributed by atoms with Gasteiger partial charge in [0.2, 0.25) is 11.8 Å². The second-order valence-electron chi connectivity index (χ2n) is 17.6. The summed E-state index contributed by atoms with van der Waals surface area (Å²) in [6.45, 7) is 10.7. The van der Waals surface area contributed by atoms with E-state index in [1.54, 1.807) is 18.2 Å². The van der Waals surface area contributed by atoms with Gasteiger partial charge in [0.25, 0.3) is 17.7 Å². The van der Waals surface area contributed by atoms with Crippen LogP contribution in [0.15, 0.2) is 54.6 Å². The van der Waals surface area contributed by atoms with Crippen molar-refractivity contribution < 1.29 is 28.7 Å². The number of piperidine rings is 1. The van der Waals surface area contributed by atoms with Gasteiger partial charge in [-0.15, -0.1) is 0 Å². The normalized spacial score (nSPS) is 25.7. The fraction of sp³-hybridized carbons (Fsp3) is 0.435. The molecule has 0 radical (unpaired) electrons. The van der Waals surface area contributed by atoms with Crippen LogP contribution in [0.25, 0.3) is 0 Å². The van der Waals surface area contributed by atoms with E-state index in [1.807, 2.05) is 36.4 Å². The molecule has 3 aromatic carbocycles. The maximum Gasteiger partial charge on any atom is 0.262 e. The Labute approximate surface area is 343 Å². The first kappa shape index (κ1) is 39.3. The van der Waals surface area contributed by atoms with Gasteiger partial charge in [-0.1, -0.05) is 51.1 Å². The number of hydrogen-bond donors (Lipinski definition) is 2. The van der Waals surface area contributed by atoms with Gasteiger partial charge in [-0.05, 0) is 97.7 Å². The van der Waals surface area contributed by atoms with Gasteiger partial charge in [0.1, 0.15) is 24.0 Å². The summed E-state index contributed by atoms with van der Waals surface area (Å²) in [6, 6.07) is 17.1. The van der Waals surface area contributed by atoms with Crippen LogP contribution in [-0.2, 0) is 22.7 Å². The van der Waals surface area contributed by atoms with Crippen LogP contribution in [0.4, 0.5) is 0 Å². The number of benzene rings is 3. The summed E-state index contributed by atoms with van der Waals surface area (Å²) in [5.41, 5.74) is 3.85. The van der Waals surface area contributed by atoms with Crippen molar-refractivity contribution in [2.24, 2.45) is 22.7 Å². The van der Waals surface area contributed by atoms with Crippen LogP contribution in [0.2, 0.25) is 5.02 Å². The van der Waals surface area contributed by atoms with Crippen molar-refractivity contribution in [3.63, 3.8) is 0 Å². The topological polar surface area (TPSA) is 149 Å². The van der Waals surface area contributed by atoms with Gasteiger partial charge in [0.05, 0.1) is 21.7 Å². The number of imide groups is 2. The summed E-state index contributed by atoms with van der Waals surface area (Å²) in [6.07, 6.45) is 4.22. The number of hydrogen-bond acceptors (Lipinski definition) is 8. The molecule has 2 N–H and O–H groups in total. The molecule has 0 aromatic heterocycles. The summed E-state index contributed by atoms with van der Waals surface area (Å²) >= 11 is 6.24. The number of halogens is 1. The molecule has 0 bridgehead atoms. The molecule has 2 aliphatic carbocycles. The molecule has 5 amide bonds. The van der Waals surface area contributed by atoms with Crippen molar-refractivity contribution in [2.75, 3.05) is 6.54 Å². The Morgan fingerprint density at radius 2 is 1.53 bits per heavy atom. The summed E-state index contributed by atoms with van der Waals surface area (Å²) in [5.74, 6) is 6.16. The van der Waals surface area contributed by atoms with E-state index in [1.165, 1.54) is 0 Å². The number of nitrogens with zero attached hydrogens (tertiary/aromatic N) is 3. The molecule has 8 rings (SSSR count). The monoisotopic (exact) mass is 799 g/mol. The van der Waals surface area contributed by atoms with Gasteiger partial charge in [-0.3, -0.25) is 39.1 Å². The smallest absolute Gasteiger partial charge is 0.262 e. The third-order valence-electron chi connectivity index (χ3n) is 12.9. The van der Waals surface area contributed by atoms with Crippen LogP contribution >= 0.6 is 11.6 Å². The number of amides is 5. The maximum absolute atomic E-state index is 13.4. The molecular weight excluding hydrogens is 754 g/mol. The van der Waals surface area contributed by atoms with Crippen LogP contribution in [0.1, 0.15) is 120 Å². The number of nitrogens with one attached hydrogen (secondary N) is 2. The highest BCUT2D eigenvalue weighted by Crippen LogP contribution is 2.55. The van der Waals surface area contributed by atoms with E-state index in [2.05, 4.69) is 61.1 Å². The largest absolute Gasteiger partial charge is 0.489 e. The van der Waals surface area contributed by atoms with Crippen molar-refractivity contribution in [3.05, 3.63) is 98.6 Å². The standard InChI is InChI=1S/C46H46ClN5O6/c1-45(2)43(46(3,4)44(45)58-33-16-15-30(22-48)36(47)21-33)50-39(54)29-13-11-27(12-14-29)6-5-26-7-9-28(10-8-26)23-51-24-31-19-34-35(20-32(31)25-51)42(57)52(41(34)56)37-17-18-38(53)49-40(37)55/h11-16,19-21,26,28,37,43-44H,7-10,17-18,23-25H2,1-4H3,(H,50,54)(H,49,53,55)/t26?,28?,37?,43-,44-. The lowest BCUT2D eigenvalue weighted by molar-refractivity contribution is -0.164. The first-order valence-electron chi connectivity index (χ1n) is 20.0. The fourth-order valence-corrected chi connectivity index (χ4v) is 10.3. The molecule has 2 saturated carbocycles. The van der Waals surface area contributed by atoms with E-state index in [4.69, 9.17) is 16.3 Å². The van der Waals surface area contributed by atoms with E-state index >= 15 is 0 Å². The first-order chi connectivity index (χ1) is 27.6. The molecule has 1 atom stereocenters. The Morgan fingerprint density at radius 3 is 2.12 bits per heavy atom. The zero-order valence-electron chi connectivity index (χ0n) is 33.1. The molecule has 5 aliphatic rings. The third-order valence-corrected chi connectivity index (χ3v) is 13.2. The quantitative estimate of drug-likeness (QED) is 0.206. The van der Waals surface area contributed by atoms with Crippen molar-refractivity contribution in [3.8, 4) is 23.7 Å². The fourth-order valence-electron chi connectivity index (χ4n) is 10.1.